The molecule has 0 saturated heterocycles. The van der Waals surface area contributed by atoms with Crippen LogP contribution in [-0.2, 0) is 14.6 Å². The molecule has 0 aliphatic rings. The molecule has 0 bridgehead atoms. The van der Waals surface area contributed by atoms with Crippen LogP contribution in [0.4, 0.5) is 0 Å². The molecule has 0 radical (unpaired) electrons. The molecular weight excluding hydrogens is 382 g/mol. The molecule has 0 saturated carbocycles. The highest BCUT2D eigenvalue weighted by atomic mass is 32.2. The van der Waals surface area contributed by atoms with Crippen molar-refractivity contribution in [2.24, 2.45) is 0 Å². The molecule has 1 amide bonds. The van der Waals surface area contributed by atoms with Crippen LogP contribution < -0.4 is 5.32 Å². The lowest BCUT2D eigenvalue weighted by atomic mass is 10.0. The largest absolute Gasteiger partial charge is 0.345 e. The molecule has 3 aromatic rings. The van der Waals surface area contributed by atoms with Crippen LogP contribution in [0.15, 0.2) is 89.8 Å². The fourth-order valence-corrected chi connectivity index (χ4v) is 3.61. The minimum absolute atomic E-state index is 0.195. The molecule has 3 rings (SSSR count). The van der Waals surface area contributed by atoms with Crippen molar-refractivity contribution >= 4 is 27.4 Å². The lowest BCUT2D eigenvalue weighted by Crippen LogP contribution is -2.27. The topological polar surface area (TPSA) is 63.2 Å². The summed E-state index contributed by atoms with van der Waals surface area (Å²) in [6.45, 7) is 1.87. The first-order chi connectivity index (χ1) is 13.8. The Morgan fingerprint density at radius 1 is 0.862 bits per heavy atom. The fraction of sp³-hybridized carbons (Fsp3) is 0.125. The first-order valence-electron chi connectivity index (χ1n) is 9.27. The first-order valence-corrected chi connectivity index (χ1v) is 11.2. The van der Waals surface area contributed by atoms with Gasteiger partial charge in [0.25, 0.3) is 5.91 Å². The zero-order valence-corrected chi connectivity index (χ0v) is 17.2. The van der Waals surface area contributed by atoms with Gasteiger partial charge in [0, 0.05) is 11.8 Å². The monoisotopic (exact) mass is 405 g/mol. The van der Waals surface area contributed by atoms with Crippen LogP contribution in [0.5, 0.6) is 0 Å². The summed E-state index contributed by atoms with van der Waals surface area (Å²) in [5.41, 5.74) is 3.16. The maximum Gasteiger partial charge on any atom is 0.252 e. The summed E-state index contributed by atoms with van der Waals surface area (Å²) in [5.74, 6) is -0.195. The summed E-state index contributed by atoms with van der Waals surface area (Å²) in [5, 5.41) is 3.02. The molecule has 4 nitrogen and oxygen atoms in total. The SMILES string of the molecule is CC(NC(=O)/C(=C/c1ccccc1)c1ccccc1)c1ccc(S(C)(=O)=O)cc1. The van der Waals surface area contributed by atoms with E-state index in [0.717, 1.165) is 16.7 Å². The van der Waals surface area contributed by atoms with E-state index in [1.165, 1.54) is 6.26 Å². The van der Waals surface area contributed by atoms with Crippen LogP contribution in [0, 0.1) is 0 Å². The highest BCUT2D eigenvalue weighted by Gasteiger charge is 2.16. The second-order valence-electron chi connectivity index (χ2n) is 6.87. The predicted molar refractivity (Wildman–Crippen MR) is 117 cm³/mol. The zero-order valence-electron chi connectivity index (χ0n) is 16.4. The van der Waals surface area contributed by atoms with Crippen LogP contribution in [-0.4, -0.2) is 20.6 Å². The second kappa shape index (κ2) is 8.88. The number of sulfone groups is 1. The second-order valence-corrected chi connectivity index (χ2v) is 8.89. The average molecular weight is 406 g/mol. The Kier molecular flexibility index (Phi) is 6.29. The number of nitrogens with one attached hydrogen (secondary N) is 1. The Morgan fingerprint density at radius 2 is 1.41 bits per heavy atom. The molecule has 5 heteroatoms. The van der Waals surface area contributed by atoms with Crippen LogP contribution in [0.25, 0.3) is 11.6 Å². The molecule has 29 heavy (non-hydrogen) atoms. The number of hydrogen-bond donors (Lipinski definition) is 1. The maximum atomic E-state index is 13.1. The van der Waals surface area contributed by atoms with E-state index in [-0.39, 0.29) is 16.8 Å². The Morgan fingerprint density at radius 3 is 1.97 bits per heavy atom. The van der Waals surface area contributed by atoms with Gasteiger partial charge < -0.3 is 5.32 Å². The number of rotatable bonds is 6. The van der Waals surface area contributed by atoms with Crippen molar-refractivity contribution in [2.75, 3.05) is 6.26 Å². The third-order valence-electron chi connectivity index (χ3n) is 4.60. The number of benzene rings is 3. The minimum Gasteiger partial charge on any atom is -0.345 e. The highest BCUT2D eigenvalue weighted by molar-refractivity contribution is 7.90. The van der Waals surface area contributed by atoms with Gasteiger partial charge in [-0.05, 0) is 41.8 Å². The van der Waals surface area contributed by atoms with E-state index < -0.39 is 9.84 Å². The molecule has 0 fully saturated rings. The third kappa shape index (κ3) is 5.42. The van der Waals surface area contributed by atoms with Gasteiger partial charge in [-0.1, -0.05) is 72.8 Å². The lowest BCUT2D eigenvalue weighted by molar-refractivity contribution is -0.116. The van der Waals surface area contributed by atoms with Crippen molar-refractivity contribution in [1.82, 2.24) is 5.32 Å². The van der Waals surface area contributed by atoms with Crippen molar-refractivity contribution in [3.05, 3.63) is 102 Å². The van der Waals surface area contributed by atoms with E-state index in [4.69, 9.17) is 0 Å². The summed E-state index contributed by atoms with van der Waals surface area (Å²) in [6.07, 6.45) is 3.04. The lowest BCUT2D eigenvalue weighted by Gasteiger charge is -2.17. The van der Waals surface area contributed by atoms with E-state index in [0.29, 0.717) is 5.57 Å². The molecule has 1 N–H and O–H groups in total. The van der Waals surface area contributed by atoms with Gasteiger partial charge in [0.15, 0.2) is 9.84 Å². The molecule has 0 heterocycles. The summed E-state index contributed by atoms with van der Waals surface area (Å²) in [4.78, 5) is 13.3. The smallest absolute Gasteiger partial charge is 0.252 e. The summed E-state index contributed by atoms with van der Waals surface area (Å²) >= 11 is 0. The van der Waals surface area contributed by atoms with Gasteiger partial charge in [-0.25, -0.2) is 8.42 Å². The molecule has 0 aromatic heterocycles. The Hall–Kier alpha value is -3.18. The molecule has 0 spiro atoms. The summed E-state index contributed by atoms with van der Waals surface area (Å²) < 4.78 is 23.3. The average Bonchev–Trinajstić information content (AvgIpc) is 2.72. The molecule has 0 aliphatic heterocycles. The molecule has 3 aromatic carbocycles. The quantitative estimate of drug-likeness (QED) is 0.485. The molecule has 148 valence electrons. The molecule has 0 aliphatic carbocycles. The van der Waals surface area contributed by atoms with Crippen molar-refractivity contribution < 1.29 is 13.2 Å². The number of hydrogen-bond acceptors (Lipinski definition) is 3. The molecule has 1 unspecified atom stereocenters. The summed E-state index contributed by atoms with van der Waals surface area (Å²) in [7, 11) is -3.25. The van der Waals surface area contributed by atoms with Crippen LogP contribution in [0.2, 0.25) is 0 Å². The van der Waals surface area contributed by atoms with Crippen molar-refractivity contribution in [3.8, 4) is 0 Å². The third-order valence-corrected chi connectivity index (χ3v) is 5.72. The number of carbonyl (C=O) groups is 1. The molecular formula is C24H23NO3S. The maximum absolute atomic E-state index is 13.1. The van der Waals surface area contributed by atoms with E-state index in [1.807, 2.05) is 73.7 Å². The van der Waals surface area contributed by atoms with E-state index in [1.54, 1.807) is 24.3 Å². The minimum atomic E-state index is -3.25. The van der Waals surface area contributed by atoms with Crippen LogP contribution in [0.3, 0.4) is 0 Å². The van der Waals surface area contributed by atoms with Gasteiger partial charge >= 0.3 is 0 Å². The fourth-order valence-electron chi connectivity index (χ4n) is 2.98. The summed E-state index contributed by atoms with van der Waals surface area (Å²) in [6, 6.07) is 25.5. The van der Waals surface area contributed by atoms with E-state index >= 15 is 0 Å². The highest BCUT2D eigenvalue weighted by Crippen LogP contribution is 2.21. The van der Waals surface area contributed by atoms with Gasteiger partial charge in [-0.15, -0.1) is 0 Å². The van der Waals surface area contributed by atoms with Gasteiger partial charge in [0.05, 0.1) is 10.9 Å². The van der Waals surface area contributed by atoms with Crippen molar-refractivity contribution in [1.29, 1.82) is 0 Å². The number of carbonyl (C=O) groups excluding carboxylic acids is 1. The Labute approximate surface area is 171 Å². The zero-order chi connectivity index (χ0) is 20.9. The van der Waals surface area contributed by atoms with Crippen LogP contribution in [0.1, 0.15) is 29.7 Å². The van der Waals surface area contributed by atoms with Gasteiger partial charge in [0.1, 0.15) is 0 Å². The Balaban J connectivity index is 1.86. The van der Waals surface area contributed by atoms with Gasteiger partial charge in [0.2, 0.25) is 0 Å². The Bertz CT molecular complexity index is 1100. The number of amides is 1. The van der Waals surface area contributed by atoms with E-state index in [9.17, 15) is 13.2 Å². The van der Waals surface area contributed by atoms with Crippen molar-refractivity contribution in [3.63, 3.8) is 0 Å². The normalized spacial score (nSPS) is 13.0. The van der Waals surface area contributed by atoms with Gasteiger partial charge in [-0.3, -0.25) is 4.79 Å². The van der Waals surface area contributed by atoms with E-state index in [2.05, 4.69) is 5.32 Å². The predicted octanol–water partition coefficient (Wildman–Crippen LogP) is 4.51. The molecule has 1 atom stereocenters. The van der Waals surface area contributed by atoms with Crippen molar-refractivity contribution in [2.45, 2.75) is 17.9 Å². The standard InChI is InChI=1S/C24H23NO3S/c1-18(20-13-15-22(16-14-20)29(2,27)28)25-24(26)23(21-11-7-4-8-12-21)17-19-9-5-3-6-10-19/h3-18H,1-2H3,(H,25,26)/b23-17+. The van der Waals surface area contributed by atoms with Crippen LogP contribution >= 0.6 is 0 Å². The van der Waals surface area contributed by atoms with Gasteiger partial charge in [-0.2, -0.15) is 0 Å². The first kappa shape index (κ1) is 20.6.